The number of carbonyl (C=O) groups excluding carboxylic acids is 1. The molecule has 0 aliphatic rings. The van der Waals surface area contributed by atoms with Crippen molar-refractivity contribution >= 4 is 17.7 Å². The molecule has 2 aromatic rings. The molecule has 0 aromatic heterocycles. The molecule has 0 bridgehead atoms. The SMILES string of the molecule is CC(=Cc1ccccc1)C(=O)Nc1ccc(O)cc1. The summed E-state index contributed by atoms with van der Waals surface area (Å²) in [5, 5.41) is 11.9. The fraction of sp³-hybridized carbons (Fsp3) is 0.0625. The summed E-state index contributed by atoms with van der Waals surface area (Å²) >= 11 is 0. The highest BCUT2D eigenvalue weighted by Crippen LogP contribution is 2.15. The average molecular weight is 253 g/mol. The number of phenolic OH excluding ortho intramolecular Hbond substituents is 1. The van der Waals surface area contributed by atoms with E-state index in [1.807, 2.05) is 36.4 Å². The molecule has 19 heavy (non-hydrogen) atoms. The lowest BCUT2D eigenvalue weighted by molar-refractivity contribution is -0.112. The summed E-state index contributed by atoms with van der Waals surface area (Å²) in [7, 11) is 0. The Morgan fingerprint density at radius 1 is 1.05 bits per heavy atom. The molecule has 0 radical (unpaired) electrons. The number of hydrogen-bond donors (Lipinski definition) is 2. The quantitative estimate of drug-likeness (QED) is 0.650. The van der Waals surface area contributed by atoms with Gasteiger partial charge < -0.3 is 10.4 Å². The van der Waals surface area contributed by atoms with Gasteiger partial charge in [0.1, 0.15) is 5.75 Å². The van der Waals surface area contributed by atoms with Crippen LogP contribution in [0.5, 0.6) is 5.75 Å². The van der Waals surface area contributed by atoms with E-state index in [0.717, 1.165) is 5.56 Å². The lowest BCUT2D eigenvalue weighted by Gasteiger charge is -2.05. The Labute approximate surface area is 112 Å². The van der Waals surface area contributed by atoms with Crippen molar-refractivity contribution in [3.05, 3.63) is 65.7 Å². The van der Waals surface area contributed by atoms with Crippen molar-refractivity contribution in [1.82, 2.24) is 0 Å². The minimum absolute atomic E-state index is 0.158. The van der Waals surface area contributed by atoms with Gasteiger partial charge in [-0.3, -0.25) is 4.79 Å². The molecular formula is C16H15NO2. The summed E-state index contributed by atoms with van der Waals surface area (Å²) in [6.07, 6.45) is 1.83. The van der Waals surface area contributed by atoms with Gasteiger partial charge in [0, 0.05) is 11.3 Å². The molecule has 0 spiro atoms. The lowest BCUT2D eigenvalue weighted by atomic mass is 10.1. The predicted molar refractivity (Wildman–Crippen MR) is 76.8 cm³/mol. The maximum atomic E-state index is 12.0. The number of benzene rings is 2. The Morgan fingerprint density at radius 3 is 2.32 bits per heavy atom. The van der Waals surface area contributed by atoms with Crippen LogP contribution < -0.4 is 5.32 Å². The summed E-state index contributed by atoms with van der Waals surface area (Å²) in [4.78, 5) is 12.0. The minimum atomic E-state index is -0.158. The van der Waals surface area contributed by atoms with Gasteiger partial charge >= 0.3 is 0 Å². The smallest absolute Gasteiger partial charge is 0.251 e. The van der Waals surface area contributed by atoms with Crippen molar-refractivity contribution in [1.29, 1.82) is 0 Å². The normalized spacial score (nSPS) is 11.1. The van der Waals surface area contributed by atoms with E-state index in [1.54, 1.807) is 19.1 Å². The van der Waals surface area contributed by atoms with Crippen LogP contribution in [0.2, 0.25) is 0 Å². The van der Waals surface area contributed by atoms with Crippen LogP contribution in [-0.2, 0) is 4.79 Å². The summed E-state index contributed by atoms with van der Waals surface area (Å²) in [6, 6.07) is 16.1. The second kappa shape index (κ2) is 5.87. The summed E-state index contributed by atoms with van der Waals surface area (Å²) < 4.78 is 0. The van der Waals surface area contributed by atoms with Gasteiger partial charge in [-0.2, -0.15) is 0 Å². The largest absolute Gasteiger partial charge is 0.508 e. The number of aromatic hydroxyl groups is 1. The first-order chi connectivity index (χ1) is 9.15. The second-order valence-corrected chi connectivity index (χ2v) is 4.24. The van der Waals surface area contributed by atoms with Crippen LogP contribution in [-0.4, -0.2) is 11.0 Å². The van der Waals surface area contributed by atoms with Gasteiger partial charge in [0.25, 0.3) is 5.91 Å². The van der Waals surface area contributed by atoms with Crippen LogP contribution in [0.15, 0.2) is 60.2 Å². The molecule has 2 N–H and O–H groups in total. The first kappa shape index (κ1) is 12.9. The molecule has 0 aliphatic carbocycles. The number of phenols is 1. The van der Waals surface area contributed by atoms with Crippen LogP contribution in [0.25, 0.3) is 6.08 Å². The van der Waals surface area contributed by atoms with Crippen LogP contribution in [0.3, 0.4) is 0 Å². The lowest BCUT2D eigenvalue weighted by Crippen LogP contribution is -2.12. The topological polar surface area (TPSA) is 49.3 Å². The Balaban J connectivity index is 2.07. The predicted octanol–water partition coefficient (Wildman–Crippen LogP) is 3.43. The van der Waals surface area contributed by atoms with Crippen molar-refractivity contribution in [2.24, 2.45) is 0 Å². The summed E-state index contributed by atoms with van der Waals surface area (Å²) in [5.74, 6) is 0.0177. The van der Waals surface area contributed by atoms with Crippen molar-refractivity contribution in [2.75, 3.05) is 5.32 Å². The Kier molecular flexibility index (Phi) is 3.98. The maximum Gasteiger partial charge on any atom is 0.251 e. The molecular weight excluding hydrogens is 238 g/mol. The Morgan fingerprint density at radius 2 is 1.68 bits per heavy atom. The molecule has 0 fully saturated rings. The number of hydrogen-bond acceptors (Lipinski definition) is 2. The van der Waals surface area contributed by atoms with E-state index < -0.39 is 0 Å². The first-order valence-electron chi connectivity index (χ1n) is 5.99. The highest BCUT2D eigenvalue weighted by atomic mass is 16.3. The van der Waals surface area contributed by atoms with Crippen molar-refractivity contribution < 1.29 is 9.90 Å². The molecule has 0 atom stereocenters. The maximum absolute atomic E-state index is 12.0. The molecule has 96 valence electrons. The molecule has 0 heterocycles. The van der Waals surface area contributed by atoms with E-state index in [-0.39, 0.29) is 11.7 Å². The molecule has 1 amide bonds. The van der Waals surface area contributed by atoms with E-state index in [4.69, 9.17) is 0 Å². The van der Waals surface area contributed by atoms with Crippen molar-refractivity contribution in [3.8, 4) is 5.75 Å². The Bertz CT molecular complexity index is 586. The molecule has 0 saturated heterocycles. The van der Waals surface area contributed by atoms with E-state index in [9.17, 15) is 9.90 Å². The fourth-order valence-corrected chi connectivity index (χ4v) is 1.64. The Hall–Kier alpha value is -2.55. The monoisotopic (exact) mass is 253 g/mol. The van der Waals surface area contributed by atoms with Crippen LogP contribution in [0.1, 0.15) is 12.5 Å². The number of nitrogens with one attached hydrogen (secondary N) is 1. The van der Waals surface area contributed by atoms with Crippen molar-refractivity contribution in [3.63, 3.8) is 0 Å². The van der Waals surface area contributed by atoms with Gasteiger partial charge in [-0.1, -0.05) is 30.3 Å². The standard InChI is InChI=1S/C16H15NO2/c1-12(11-13-5-3-2-4-6-13)16(19)17-14-7-9-15(18)10-8-14/h2-11,18H,1H3,(H,17,19). The first-order valence-corrected chi connectivity index (χ1v) is 5.99. The molecule has 2 aromatic carbocycles. The van der Waals surface area contributed by atoms with Crippen LogP contribution in [0, 0.1) is 0 Å². The zero-order valence-electron chi connectivity index (χ0n) is 10.6. The second-order valence-electron chi connectivity index (χ2n) is 4.24. The average Bonchev–Trinajstić information content (AvgIpc) is 2.42. The number of amides is 1. The molecule has 2 rings (SSSR count). The summed E-state index contributed by atoms with van der Waals surface area (Å²) in [5.41, 5.74) is 2.27. The van der Waals surface area contributed by atoms with Crippen molar-refractivity contribution in [2.45, 2.75) is 6.92 Å². The van der Waals surface area contributed by atoms with Gasteiger partial charge in [-0.05, 0) is 42.8 Å². The third-order valence-corrected chi connectivity index (χ3v) is 2.67. The van der Waals surface area contributed by atoms with E-state index >= 15 is 0 Å². The molecule has 3 nitrogen and oxygen atoms in total. The number of rotatable bonds is 3. The zero-order valence-corrected chi connectivity index (χ0v) is 10.6. The molecule has 3 heteroatoms. The van der Waals surface area contributed by atoms with E-state index in [0.29, 0.717) is 11.3 Å². The zero-order chi connectivity index (χ0) is 13.7. The molecule has 0 aliphatic heterocycles. The molecule has 0 saturated carbocycles. The number of anilines is 1. The highest BCUT2D eigenvalue weighted by molar-refractivity contribution is 6.06. The van der Waals surface area contributed by atoms with E-state index in [2.05, 4.69) is 5.32 Å². The molecule has 0 unspecified atom stereocenters. The number of carbonyl (C=O) groups is 1. The fourth-order valence-electron chi connectivity index (χ4n) is 1.64. The van der Waals surface area contributed by atoms with Gasteiger partial charge in [0.15, 0.2) is 0 Å². The van der Waals surface area contributed by atoms with E-state index in [1.165, 1.54) is 12.1 Å². The third kappa shape index (κ3) is 3.71. The highest BCUT2D eigenvalue weighted by Gasteiger charge is 2.04. The summed E-state index contributed by atoms with van der Waals surface area (Å²) in [6.45, 7) is 1.77. The van der Waals surface area contributed by atoms with Gasteiger partial charge in [-0.15, -0.1) is 0 Å². The van der Waals surface area contributed by atoms with Crippen LogP contribution in [0.4, 0.5) is 5.69 Å². The van der Waals surface area contributed by atoms with Gasteiger partial charge in [-0.25, -0.2) is 0 Å². The van der Waals surface area contributed by atoms with Gasteiger partial charge in [0.05, 0.1) is 0 Å². The third-order valence-electron chi connectivity index (χ3n) is 2.67. The van der Waals surface area contributed by atoms with Gasteiger partial charge in [0.2, 0.25) is 0 Å². The van der Waals surface area contributed by atoms with Crippen LogP contribution >= 0.6 is 0 Å². The minimum Gasteiger partial charge on any atom is -0.508 e.